The Balaban J connectivity index is 2.70. The molecule has 0 saturated carbocycles. The van der Waals surface area contributed by atoms with Crippen LogP contribution in [0.2, 0.25) is 18.1 Å². The van der Waals surface area contributed by atoms with Crippen molar-refractivity contribution in [3.63, 3.8) is 0 Å². The molecule has 0 saturated heterocycles. The van der Waals surface area contributed by atoms with Crippen LogP contribution in [0.25, 0.3) is 0 Å². The van der Waals surface area contributed by atoms with Gasteiger partial charge in [0.1, 0.15) is 0 Å². The Morgan fingerprint density at radius 1 is 1.26 bits per heavy atom. The maximum Gasteiger partial charge on any atom is 0.211 e. The number of rotatable bonds is 8. The smallest absolute Gasteiger partial charge is 0.211 e. The minimum atomic E-state index is -1.98. The van der Waals surface area contributed by atoms with E-state index in [2.05, 4.69) is 33.9 Å². The van der Waals surface area contributed by atoms with Gasteiger partial charge in [0.2, 0.25) is 6.54 Å². The average molecular weight is 337 g/mol. The zero-order valence-electron chi connectivity index (χ0n) is 14.7. The summed E-state index contributed by atoms with van der Waals surface area (Å²) < 4.78 is 5.92. The van der Waals surface area contributed by atoms with Crippen molar-refractivity contribution < 1.29 is 14.1 Å². The van der Waals surface area contributed by atoms with Crippen molar-refractivity contribution >= 4 is 14.1 Å². The SMILES string of the molecule is CC(C)(C)[Si](C)(C)OCC(=O)C[C@H](C[N+](=O)[O-])c1ccccc1. The first-order valence-corrected chi connectivity index (χ1v) is 10.8. The van der Waals surface area contributed by atoms with Crippen LogP contribution in [-0.4, -0.2) is 32.2 Å². The highest BCUT2D eigenvalue weighted by molar-refractivity contribution is 6.74. The molecule has 0 aliphatic carbocycles. The Kier molecular flexibility index (Phi) is 6.65. The monoisotopic (exact) mass is 337 g/mol. The number of nitro groups is 1. The molecule has 1 aromatic carbocycles. The predicted octanol–water partition coefficient (Wildman–Crippen LogP) is 4.03. The fraction of sp³-hybridized carbons (Fsp3) is 0.588. The molecule has 0 fully saturated rings. The van der Waals surface area contributed by atoms with Gasteiger partial charge >= 0.3 is 0 Å². The van der Waals surface area contributed by atoms with E-state index in [1.807, 2.05) is 30.3 Å². The number of nitrogens with zero attached hydrogens (tertiary/aromatic N) is 1. The van der Waals surface area contributed by atoms with Crippen LogP contribution in [0.5, 0.6) is 0 Å². The van der Waals surface area contributed by atoms with Gasteiger partial charge in [0.05, 0.1) is 12.5 Å². The van der Waals surface area contributed by atoms with E-state index in [-0.39, 0.29) is 35.3 Å². The molecule has 23 heavy (non-hydrogen) atoms. The van der Waals surface area contributed by atoms with Gasteiger partial charge in [-0.25, -0.2) is 0 Å². The quantitative estimate of drug-likeness (QED) is 0.408. The fourth-order valence-corrected chi connectivity index (χ4v) is 2.96. The Morgan fingerprint density at radius 3 is 2.30 bits per heavy atom. The van der Waals surface area contributed by atoms with Crippen LogP contribution in [-0.2, 0) is 9.22 Å². The molecule has 0 heterocycles. The van der Waals surface area contributed by atoms with Gasteiger partial charge in [0.25, 0.3) is 0 Å². The molecule has 0 spiro atoms. The van der Waals surface area contributed by atoms with Crippen molar-refractivity contribution in [3.05, 3.63) is 46.0 Å². The topological polar surface area (TPSA) is 69.4 Å². The fourth-order valence-electron chi connectivity index (χ4n) is 2.00. The normalized spacial score (nSPS) is 13.6. The van der Waals surface area contributed by atoms with Crippen LogP contribution in [0.15, 0.2) is 30.3 Å². The van der Waals surface area contributed by atoms with Crippen LogP contribution in [0.3, 0.4) is 0 Å². The molecule has 0 N–H and O–H groups in total. The Morgan fingerprint density at radius 2 is 1.83 bits per heavy atom. The minimum Gasteiger partial charge on any atom is -0.410 e. The lowest BCUT2D eigenvalue weighted by atomic mass is 9.94. The van der Waals surface area contributed by atoms with Crippen LogP contribution in [0.4, 0.5) is 0 Å². The van der Waals surface area contributed by atoms with Crippen LogP contribution in [0.1, 0.15) is 38.7 Å². The van der Waals surface area contributed by atoms with Crippen molar-refractivity contribution in [1.29, 1.82) is 0 Å². The molecule has 5 nitrogen and oxygen atoms in total. The summed E-state index contributed by atoms with van der Waals surface area (Å²) in [6.45, 7) is 10.3. The number of carbonyl (C=O) groups excluding carboxylic acids is 1. The highest BCUT2D eigenvalue weighted by Gasteiger charge is 2.37. The van der Waals surface area contributed by atoms with E-state index < -0.39 is 14.2 Å². The predicted molar refractivity (Wildman–Crippen MR) is 93.8 cm³/mol. The van der Waals surface area contributed by atoms with E-state index in [9.17, 15) is 14.9 Å². The average Bonchev–Trinajstić information content (AvgIpc) is 2.44. The van der Waals surface area contributed by atoms with Crippen molar-refractivity contribution in [2.24, 2.45) is 0 Å². The molecule has 0 radical (unpaired) electrons. The van der Waals surface area contributed by atoms with E-state index in [0.717, 1.165) is 5.56 Å². The van der Waals surface area contributed by atoms with Gasteiger partial charge in [-0.3, -0.25) is 14.9 Å². The Bertz CT molecular complexity index is 537. The number of ketones is 1. The second-order valence-electron chi connectivity index (χ2n) is 7.41. The second-order valence-corrected chi connectivity index (χ2v) is 12.2. The summed E-state index contributed by atoms with van der Waals surface area (Å²) in [6, 6.07) is 9.18. The third-order valence-corrected chi connectivity index (χ3v) is 8.99. The van der Waals surface area contributed by atoms with E-state index in [1.54, 1.807) is 0 Å². The number of benzene rings is 1. The maximum atomic E-state index is 12.3. The molecule has 0 aliphatic rings. The van der Waals surface area contributed by atoms with Crippen molar-refractivity contribution in [2.45, 2.75) is 51.2 Å². The maximum absolute atomic E-state index is 12.3. The highest BCUT2D eigenvalue weighted by Crippen LogP contribution is 2.36. The molecular formula is C17H27NO4Si. The van der Waals surface area contributed by atoms with Gasteiger partial charge in [0, 0.05) is 11.3 Å². The molecule has 0 amide bonds. The summed E-state index contributed by atoms with van der Waals surface area (Å²) in [5.74, 6) is -0.479. The largest absolute Gasteiger partial charge is 0.410 e. The summed E-state index contributed by atoms with van der Waals surface area (Å²) in [7, 11) is -1.98. The van der Waals surface area contributed by atoms with Gasteiger partial charge in [-0.05, 0) is 23.7 Å². The highest BCUT2D eigenvalue weighted by atomic mass is 28.4. The lowest BCUT2D eigenvalue weighted by Gasteiger charge is -2.35. The number of hydrogen-bond donors (Lipinski definition) is 0. The zero-order chi connectivity index (χ0) is 17.7. The Hall–Kier alpha value is -1.53. The summed E-state index contributed by atoms with van der Waals surface area (Å²) in [5, 5.41) is 10.9. The second kappa shape index (κ2) is 7.83. The minimum absolute atomic E-state index is 0.0347. The molecule has 0 aromatic heterocycles. The first kappa shape index (κ1) is 19.5. The molecule has 6 heteroatoms. The third kappa shape index (κ3) is 6.23. The van der Waals surface area contributed by atoms with E-state index >= 15 is 0 Å². The summed E-state index contributed by atoms with van der Waals surface area (Å²) >= 11 is 0. The third-order valence-electron chi connectivity index (χ3n) is 4.51. The zero-order valence-corrected chi connectivity index (χ0v) is 15.7. The summed E-state index contributed by atoms with van der Waals surface area (Å²) in [6.07, 6.45) is 0.139. The van der Waals surface area contributed by atoms with E-state index in [4.69, 9.17) is 4.43 Å². The molecule has 0 unspecified atom stereocenters. The summed E-state index contributed by atoms with van der Waals surface area (Å²) in [4.78, 5) is 22.8. The number of Topliss-reactive ketones (excluding diaryl/α,β-unsaturated/α-hetero) is 1. The van der Waals surface area contributed by atoms with Crippen molar-refractivity contribution in [2.75, 3.05) is 13.2 Å². The van der Waals surface area contributed by atoms with Gasteiger partial charge in [0.15, 0.2) is 14.1 Å². The summed E-state index contributed by atoms with van der Waals surface area (Å²) in [5.41, 5.74) is 0.824. The van der Waals surface area contributed by atoms with E-state index in [0.29, 0.717) is 0 Å². The van der Waals surface area contributed by atoms with Crippen molar-refractivity contribution in [1.82, 2.24) is 0 Å². The van der Waals surface area contributed by atoms with Crippen LogP contribution in [0, 0.1) is 10.1 Å². The molecule has 0 bridgehead atoms. The first-order valence-electron chi connectivity index (χ1n) is 7.85. The van der Waals surface area contributed by atoms with Gasteiger partial charge in [-0.2, -0.15) is 0 Å². The van der Waals surface area contributed by atoms with Gasteiger partial charge in [-0.15, -0.1) is 0 Å². The lowest BCUT2D eigenvalue weighted by Crippen LogP contribution is -2.42. The van der Waals surface area contributed by atoms with Crippen LogP contribution >= 0.6 is 0 Å². The first-order chi connectivity index (χ1) is 10.5. The van der Waals surface area contributed by atoms with Gasteiger partial charge < -0.3 is 4.43 Å². The molecule has 128 valence electrons. The Labute approximate surface area is 139 Å². The standard InChI is InChI=1S/C17H27NO4Si/c1-17(2,3)23(4,5)22-13-16(19)11-15(12-18(20)21)14-9-7-6-8-10-14/h6-10,15H,11-13H2,1-5H3/t15-/m1/s1. The van der Waals surface area contributed by atoms with Gasteiger partial charge in [-0.1, -0.05) is 51.1 Å². The number of carbonyl (C=O) groups is 1. The molecular weight excluding hydrogens is 310 g/mol. The molecule has 0 aliphatic heterocycles. The molecule has 1 aromatic rings. The molecule has 1 rings (SSSR count). The van der Waals surface area contributed by atoms with Crippen LogP contribution < -0.4 is 0 Å². The number of hydrogen-bond acceptors (Lipinski definition) is 4. The molecule has 1 atom stereocenters. The van der Waals surface area contributed by atoms with Crippen molar-refractivity contribution in [3.8, 4) is 0 Å². The van der Waals surface area contributed by atoms with E-state index in [1.165, 1.54) is 0 Å². The lowest BCUT2D eigenvalue weighted by molar-refractivity contribution is -0.483.